The van der Waals surface area contributed by atoms with E-state index in [0.717, 1.165) is 6.42 Å². The SMILES string of the molecule is CCCC(CN(O)O)N(O)O.O=C(O)CC(O)(CC(=O)O)C(=O)O. The van der Waals surface area contributed by atoms with Crippen LogP contribution in [0.2, 0.25) is 0 Å². The quantitative estimate of drug-likeness (QED) is 0.221. The molecule has 0 spiro atoms. The van der Waals surface area contributed by atoms with Gasteiger partial charge in [-0.25, -0.2) is 4.79 Å². The Kier molecular flexibility index (Phi) is 11.8. The van der Waals surface area contributed by atoms with Gasteiger partial charge in [0.05, 0.1) is 25.4 Å². The Balaban J connectivity index is 0. The van der Waals surface area contributed by atoms with E-state index in [9.17, 15) is 14.4 Å². The molecule has 0 amide bonds. The number of carboxylic acid groups (broad SMARTS) is 3. The summed E-state index contributed by atoms with van der Waals surface area (Å²) in [5, 5.41) is 67.5. The molecule has 1 atom stereocenters. The van der Waals surface area contributed by atoms with Crippen LogP contribution in [-0.2, 0) is 14.4 Å². The first kappa shape index (κ1) is 24.4. The lowest BCUT2D eigenvalue weighted by atomic mass is 9.96. The molecule has 0 saturated heterocycles. The van der Waals surface area contributed by atoms with E-state index in [4.69, 9.17) is 41.3 Å². The normalized spacial score (nSPS) is 12.5. The molecule has 13 heteroatoms. The van der Waals surface area contributed by atoms with E-state index >= 15 is 0 Å². The number of rotatable bonds is 10. The van der Waals surface area contributed by atoms with Gasteiger partial charge in [0.25, 0.3) is 0 Å². The third kappa shape index (κ3) is 11.7. The third-order valence-electron chi connectivity index (χ3n) is 2.61. The molecule has 0 aliphatic heterocycles. The average Bonchev–Trinajstić information content (AvgIpc) is 2.36. The van der Waals surface area contributed by atoms with Crippen LogP contribution in [0.5, 0.6) is 0 Å². The first-order valence-electron chi connectivity index (χ1n) is 6.57. The van der Waals surface area contributed by atoms with E-state index in [-0.39, 0.29) is 17.0 Å². The van der Waals surface area contributed by atoms with Gasteiger partial charge in [0.1, 0.15) is 0 Å². The molecule has 0 bridgehead atoms. The molecule has 13 nitrogen and oxygen atoms in total. The summed E-state index contributed by atoms with van der Waals surface area (Å²) in [5.74, 6) is -5.02. The second kappa shape index (κ2) is 11.6. The van der Waals surface area contributed by atoms with Crippen LogP contribution in [0.1, 0.15) is 32.6 Å². The van der Waals surface area contributed by atoms with Crippen LogP contribution in [0, 0.1) is 0 Å². The van der Waals surface area contributed by atoms with E-state index < -0.39 is 42.4 Å². The second-order valence-corrected chi connectivity index (χ2v) is 4.80. The van der Waals surface area contributed by atoms with E-state index in [2.05, 4.69) is 0 Å². The van der Waals surface area contributed by atoms with Crippen molar-refractivity contribution in [3.8, 4) is 0 Å². The van der Waals surface area contributed by atoms with Gasteiger partial charge in [0.2, 0.25) is 0 Å². The minimum atomic E-state index is -2.74. The van der Waals surface area contributed by atoms with E-state index in [1.54, 1.807) is 0 Å². The third-order valence-corrected chi connectivity index (χ3v) is 2.61. The number of hydroxylamine groups is 4. The lowest BCUT2D eigenvalue weighted by Crippen LogP contribution is -2.42. The highest BCUT2D eigenvalue weighted by molar-refractivity contribution is 5.88. The smallest absolute Gasteiger partial charge is 0.336 e. The van der Waals surface area contributed by atoms with Crippen molar-refractivity contribution >= 4 is 17.9 Å². The highest BCUT2D eigenvalue weighted by atomic mass is 16.8. The van der Waals surface area contributed by atoms with E-state index in [1.807, 2.05) is 6.92 Å². The summed E-state index contributed by atoms with van der Waals surface area (Å²) >= 11 is 0. The Hall–Kier alpha value is -1.87. The predicted octanol–water partition coefficient (Wildman–Crippen LogP) is -0.933. The van der Waals surface area contributed by atoms with Crippen LogP contribution >= 0.6 is 0 Å². The summed E-state index contributed by atoms with van der Waals surface area (Å²) in [5.41, 5.74) is -2.74. The van der Waals surface area contributed by atoms with Crippen molar-refractivity contribution < 1.29 is 55.6 Å². The van der Waals surface area contributed by atoms with Crippen molar-refractivity contribution in [2.45, 2.75) is 44.2 Å². The van der Waals surface area contributed by atoms with Crippen LogP contribution in [-0.4, -0.2) is 87.8 Å². The van der Waals surface area contributed by atoms with Crippen LogP contribution in [0.3, 0.4) is 0 Å². The largest absolute Gasteiger partial charge is 0.481 e. The Bertz CT molecular complexity index is 397. The molecule has 24 heavy (non-hydrogen) atoms. The molecular formula is C11H22N2O11. The van der Waals surface area contributed by atoms with Gasteiger partial charge < -0.3 is 20.4 Å². The molecule has 0 aliphatic rings. The number of carbonyl (C=O) groups is 3. The molecule has 0 heterocycles. The number of nitrogens with zero attached hydrogens (tertiary/aromatic N) is 2. The number of hydrogen-bond acceptors (Lipinski definition) is 10. The van der Waals surface area contributed by atoms with Gasteiger partial charge in [-0.15, -0.1) is 0 Å². The molecule has 142 valence electrons. The second-order valence-electron chi connectivity index (χ2n) is 4.80. The molecule has 0 radical (unpaired) electrons. The van der Waals surface area contributed by atoms with Crippen molar-refractivity contribution in [1.29, 1.82) is 0 Å². The standard InChI is InChI=1S/C6H8O7.C5H14N2O4/c7-3(8)1-6(13,5(11)12)2-4(9)10;1-2-3-5(7(10)11)4-6(8)9/h13H,1-2H2,(H,7,8)(H,9,10)(H,11,12);5,8-11H,2-4H2,1H3. The van der Waals surface area contributed by atoms with E-state index in [0.29, 0.717) is 6.42 Å². The summed E-state index contributed by atoms with van der Waals surface area (Å²) in [6, 6.07) is -0.671. The van der Waals surface area contributed by atoms with Crippen molar-refractivity contribution in [3.63, 3.8) is 0 Å². The number of carboxylic acids is 3. The zero-order valence-corrected chi connectivity index (χ0v) is 12.8. The fourth-order valence-corrected chi connectivity index (χ4v) is 1.52. The van der Waals surface area contributed by atoms with Crippen molar-refractivity contribution in [2.75, 3.05) is 6.54 Å². The molecule has 1 unspecified atom stereocenters. The molecule has 8 N–H and O–H groups in total. The average molecular weight is 358 g/mol. The van der Waals surface area contributed by atoms with Crippen LogP contribution < -0.4 is 0 Å². The number of hydrogen-bond donors (Lipinski definition) is 8. The molecule has 0 aliphatic carbocycles. The highest BCUT2D eigenvalue weighted by Crippen LogP contribution is 2.15. The summed E-state index contributed by atoms with van der Waals surface area (Å²) < 4.78 is 0. The Labute approximate surface area is 136 Å². The lowest BCUT2D eigenvalue weighted by Gasteiger charge is -2.20. The summed E-state index contributed by atoms with van der Waals surface area (Å²) in [6.07, 6.45) is -1.08. The Morgan fingerprint density at radius 2 is 1.38 bits per heavy atom. The monoisotopic (exact) mass is 358 g/mol. The predicted molar refractivity (Wildman–Crippen MR) is 71.5 cm³/mol. The number of aliphatic hydroxyl groups is 1. The molecule has 0 aromatic heterocycles. The molecule has 0 fully saturated rings. The van der Waals surface area contributed by atoms with Crippen molar-refractivity contribution in [3.05, 3.63) is 0 Å². The zero-order valence-electron chi connectivity index (χ0n) is 12.8. The Morgan fingerprint density at radius 1 is 0.958 bits per heavy atom. The van der Waals surface area contributed by atoms with Crippen LogP contribution in [0.25, 0.3) is 0 Å². The molecule has 0 aromatic rings. The maximum Gasteiger partial charge on any atom is 0.336 e. The Morgan fingerprint density at radius 3 is 1.58 bits per heavy atom. The molecule has 0 rings (SSSR count). The molecule has 0 saturated carbocycles. The topological polar surface area (TPSA) is 220 Å². The first-order chi connectivity index (χ1) is 10.9. The highest BCUT2D eigenvalue weighted by Gasteiger charge is 2.40. The van der Waals surface area contributed by atoms with Gasteiger partial charge in [0, 0.05) is 0 Å². The van der Waals surface area contributed by atoms with Crippen molar-refractivity contribution in [2.24, 2.45) is 0 Å². The van der Waals surface area contributed by atoms with Gasteiger partial charge in [-0.3, -0.25) is 30.4 Å². The fourth-order valence-electron chi connectivity index (χ4n) is 1.52. The van der Waals surface area contributed by atoms with Gasteiger partial charge in [0.15, 0.2) is 5.60 Å². The fraction of sp³-hybridized carbons (Fsp3) is 0.727. The maximum absolute atomic E-state index is 10.3. The molecule has 0 aromatic carbocycles. The zero-order chi connectivity index (χ0) is 19.5. The van der Waals surface area contributed by atoms with Gasteiger partial charge >= 0.3 is 17.9 Å². The minimum absolute atomic E-state index is 0.0110. The van der Waals surface area contributed by atoms with Gasteiger partial charge in [-0.2, -0.15) is 0 Å². The van der Waals surface area contributed by atoms with E-state index in [1.165, 1.54) is 0 Å². The van der Waals surface area contributed by atoms with Crippen molar-refractivity contribution in [1.82, 2.24) is 10.5 Å². The summed E-state index contributed by atoms with van der Waals surface area (Å²) in [6.45, 7) is 1.64. The summed E-state index contributed by atoms with van der Waals surface area (Å²) in [7, 11) is 0. The van der Waals surface area contributed by atoms with Crippen LogP contribution in [0.15, 0.2) is 0 Å². The van der Waals surface area contributed by atoms with Gasteiger partial charge in [-0.05, 0) is 6.42 Å². The maximum atomic E-state index is 10.3. The van der Waals surface area contributed by atoms with Gasteiger partial charge in [-0.1, -0.05) is 23.8 Å². The minimum Gasteiger partial charge on any atom is -0.481 e. The number of aliphatic carboxylic acids is 3. The lowest BCUT2D eigenvalue weighted by molar-refractivity contribution is -0.368. The summed E-state index contributed by atoms with van der Waals surface area (Å²) in [4.78, 5) is 30.5. The first-order valence-corrected chi connectivity index (χ1v) is 6.57. The van der Waals surface area contributed by atoms with Crippen LogP contribution in [0.4, 0.5) is 0 Å². The molecular weight excluding hydrogens is 336 g/mol.